The number of carboxylic acid groups (broad SMARTS) is 1. The lowest BCUT2D eigenvalue weighted by molar-refractivity contribution is -0.156. The fourth-order valence-electron chi connectivity index (χ4n) is 3.71. The quantitative estimate of drug-likeness (QED) is 0.724. The highest BCUT2D eigenvalue weighted by atomic mass is 16.5. The molecule has 22 heavy (non-hydrogen) atoms. The number of ether oxygens (including phenoxy) is 2. The first-order chi connectivity index (χ1) is 10.6. The molecule has 1 aliphatic heterocycles. The predicted molar refractivity (Wildman–Crippen MR) is 80.5 cm³/mol. The van der Waals surface area contributed by atoms with Crippen molar-refractivity contribution in [2.45, 2.75) is 64.1 Å². The summed E-state index contributed by atoms with van der Waals surface area (Å²) >= 11 is 0. The molecule has 1 saturated heterocycles. The molecule has 1 amide bonds. The van der Waals surface area contributed by atoms with Gasteiger partial charge in [0.25, 0.3) is 5.91 Å². The van der Waals surface area contributed by atoms with Gasteiger partial charge in [0.05, 0.1) is 13.2 Å². The van der Waals surface area contributed by atoms with Crippen molar-refractivity contribution in [3.63, 3.8) is 0 Å². The maximum atomic E-state index is 12.7. The van der Waals surface area contributed by atoms with Crippen molar-refractivity contribution < 1.29 is 24.2 Å². The number of rotatable bonds is 7. The minimum Gasteiger partial charge on any atom is -0.480 e. The van der Waals surface area contributed by atoms with Gasteiger partial charge in [-0.15, -0.1) is 0 Å². The van der Waals surface area contributed by atoms with Gasteiger partial charge < -0.3 is 19.5 Å². The number of likely N-dealkylation sites (tertiary alicyclic amines) is 1. The normalized spacial score (nSPS) is 29.2. The Morgan fingerprint density at radius 3 is 2.68 bits per heavy atom. The molecule has 126 valence electrons. The third kappa shape index (κ3) is 3.79. The van der Waals surface area contributed by atoms with Gasteiger partial charge in [-0.3, -0.25) is 4.79 Å². The van der Waals surface area contributed by atoms with Gasteiger partial charge in [0, 0.05) is 12.6 Å². The van der Waals surface area contributed by atoms with Crippen LogP contribution >= 0.6 is 0 Å². The van der Waals surface area contributed by atoms with Gasteiger partial charge >= 0.3 is 5.97 Å². The lowest BCUT2D eigenvalue weighted by atomic mass is 9.84. The average Bonchev–Trinajstić information content (AvgIpc) is 2.90. The Morgan fingerprint density at radius 2 is 2.00 bits per heavy atom. The molecule has 1 N–H and O–H groups in total. The molecule has 0 aromatic carbocycles. The Balaban J connectivity index is 1.99. The zero-order chi connectivity index (χ0) is 16.1. The zero-order valence-electron chi connectivity index (χ0n) is 13.5. The van der Waals surface area contributed by atoms with E-state index in [1.54, 1.807) is 11.8 Å². The van der Waals surface area contributed by atoms with Gasteiger partial charge in [0.1, 0.15) is 12.1 Å². The molecule has 4 atom stereocenters. The van der Waals surface area contributed by atoms with Gasteiger partial charge in [-0.05, 0) is 39.0 Å². The number of carboxylic acids is 1. The monoisotopic (exact) mass is 313 g/mol. The Morgan fingerprint density at radius 1 is 1.27 bits per heavy atom. The molecule has 1 aliphatic carbocycles. The van der Waals surface area contributed by atoms with Crippen molar-refractivity contribution in [3.8, 4) is 0 Å². The van der Waals surface area contributed by atoms with E-state index in [1.165, 1.54) is 0 Å². The second kappa shape index (κ2) is 7.92. The van der Waals surface area contributed by atoms with E-state index >= 15 is 0 Å². The SMILES string of the molecule is CCOCCOC(C)C(=O)N1C(C(=O)O)CC2CCCCC21. The molecule has 6 heteroatoms. The van der Waals surface area contributed by atoms with E-state index in [4.69, 9.17) is 9.47 Å². The van der Waals surface area contributed by atoms with Crippen molar-refractivity contribution in [2.24, 2.45) is 5.92 Å². The highest BCUT2D eigenvalue weighted by Gasteiger charge is 2.48. The van der Waals surface area contributed by atoms with E-state index in [9.17, 15) is 14.7 Å². The average molecular weight is 313 g/mol. The summed E-state index contributed by atoms with van der Waals surface area (Å²) in [4.78, 5) is 25.8. The molecule has 0 spiro atoms. The molecule has 1 saturated carbocycles. The second-order valence-corrected chi connectivity index (χ2v) is 6.16. The number of nitrogens with zero attached hydrogens (tertiary/aromatic N) is 1. The summed E-state index contributed by atoms with van der Waals surface area (Å²) in [6.45, 7) is 5.01. The molecule has 0 radical (unpaired) electrons. The summed E-state index contributed by atoms with van der Waals surface area (Å²) in [5.41, 5.74) is 0. The number of aliphatic carboxylic acids is 1. The molecule has 0 bridgehead atoms. The summed E-state index contributed by atoms with van der Waals surface area (Å²) in [6, 6.07) is -0.626. The minimum atomic E-state index is -0.899. The summed E-state index contributed by atoms with van der Waals surface area (Å²) < 4.78 is 10.7. The molecule has 1 heterocycles. The van der Waals surface area contributed by atoms with E-state index < -0.39 is 18.1 Å². The van der Waals surface area contributed by atoms with Crippen molar-refractivity contribution in [1.82, 2.24) is 4.90 Å². The number of amides is 1. The number of carbonyl (C=O) groups is 2. The van der Waals surface area contributed by atoms with Gasteiger partial charge in [0.15, 0.2) is 0 Å². The Kier molecular flexibility index (Phi) is 6.20. The van der Waals surface area contributed by atoms with Crippen molar-refractivity contribution in [1.29, 1.82) is 0 Å². The lowest BCUT2D eigenvalue weighted by Gasteiger charge is -2.34. The summed E-state index contributed by atoms with van der Waals surface area (Å²) in [6.07, 6.45) is 4.09. The lowest BCUT2D eigenvalue weighted by Crippen LogP contribution is -2.50. The van der Waals surface area contributed by atoms with Gasteiger partial charge in [0.2, 0.25) is 0 Å². The second-order valence-electron chi connectivity index (χ2n) is 6.16. The molecule has 6 nitrogen and oxygen atoms in total. The molecule has 0 aromatic rings. The fourth-order valence-corrected chi connectivity index (χ4v) is 3.71. The molecule has 2 aliphatic rings. The summed E-state index contributed by atoms with van der Waals surface area (Å²) in [5, 5.41) is 9.45. The van der Waals surface area contributed by atoms with Crippen LogP contribution in [0.3, 0.4) is 0 Å². The van der Waals surface area contributed by atoms with Crippen LogP contribution in [0, 0.1) is 5.92 Å². The van der Waals surface area contributed by atoms with Crippen LogP contribution in [-0.2, 0) is 19.1 Å². The largest absolute Gasteiger partial charge is 0.480 e. The van der Waals surface area contributed by atoms with E-state index in [0.29, 0.717) is 32.2 Å². The number of fused-ring (bicyclic) bond motifs is 1. The van der Waals surface area contributed by atoms with E-state index in [2.05, 4.69) is 0 Å². The Bertz CT molecular complexity index is 400. The first-order valence-electron chi connectivity index (χ1n) is 8.30. The smallest absolute Gasteiger partial charge is 0.326 e. The Hall–Kier alpha value is -1.14. The number of hydrogen-bond donors (Lipinski definition) is 1. The van der Waals surface area contributed by atoms with Crippen LogP contribution in [0.15, 0.2) is 0 Å². The van der Waals surface area contributed by atoms with Gasteiger partial charge in [-0.1, -0.05) is 12.8 Å². The third-order valence-corrected chi connectivity index (χ3v) is 4.78. The van der Waals surface area contributed by atoms with Crippen molar-refractivity contribution in [2.75, 3.05) is 19.8 Å². The van der Waals surface area contributed by atoms with Crippen LogP contribution < -0.4 is 0 Å². The summed E-state index contributed by atoms with van der Waals surface area (Å²) in [7, 11) is 0. The third-order valence-electron chi connectivity index (χ3n) is 4.78. The van der Waals surface area contributed by atoms with E-state index in [-0.39, 0.29) is 11.9 Å². The molecular weight excluding hydrogens is 286 g/mol. The van der Waals surface area contributed by atoms with Crippen LogP contribution in [0.2, 0.25) is 0 Å². The van der Waals surface area contributed by atoms with Gasteiger partial charge in [-0.25, -0.2) is 4.79 Å². The molecule has 2 rings (SSSR count). The molecule has 2 fully saturated rings. The number of carbonyl (C=O) groups excluding carboxylic acids is 1. The number of hydrogen-bond acceptors (Lipinski definition) is 4. The first-order valence-corrected chi connectivity index (χ1v) is 8.30. The van der Waals surface area contributed by atoms with Gasteiger partial charge in [-0.2, -0.15) is 0 Å². The van der Waals surface area contributed by atoms with Crippen LogP contribution in [0.4, 0.5) is 0 Å². The van der Waals surface area contributed by atoms with E-state index in [1.807, 2.05) is 6.92 Å². The molecule has 4 unspecified atom stereocenters. The topological polar surface area (TPSA) is 76.1 Å². The molecular formula is C16H27NO5. The van der Waals surface area contributed by atoms with Crippen molar-refractivity contribution in [3.05, 3.63) is 0 Å². The first kappa shape index (κ1) is 17.2. The van der Waals surface area contributed by atoms with Crippen LogP contribution in [0.1, 0.15) is 46.0 Å². The maximum absolute atomic E-state index is 12.7. The molecule has 0 aromatic heterocycles. The van der Waals surface area contributed by atoms with Crippen molar-refractivity contribution >= 4 is 11.9 Å². The van der Waals surface area contributed by atoms with Crippen LogP contribution in [0.25, 0.3) is 0 Å². The predicted octanol–water partition coefficient (Wildman–Crippen LogP) is 1.67. The van der Waals surface area contributed by atoms with E-state index in [0.717, 1.165) is 25.7 Å². The standard InChI is InChI=1S/C16H27NO5/c1-3-21-8-9-22-11(2)15(18)17-13-7-5-4-6-12(13)10-14(17)16(19)20/h11-14H,3-10H2,1-2H3,(H,19,20). The highest BCUT2D eigenvalue weighted by molar-refractivity contribution is 5.87. The maximum Gasteiger partial charge on any atom is 0.326 e. The van der Waals surface area contributed by atoms with Crippen LogP contribution in [0.5, 0.6) is 0 Å². The Labute approximate surface area is 131 Å². The zero-order valence-corrected chi connectivity index (χ0v) is 13.5. The van der Waals surface area contributed by atoms with Crippen LogP contribution in [-0.4, -0.2) is 59.9 Å². The summed E-state index contributed by atoms with van der Waals surface area (Å²) in [5.74, 6) is -0.767. The fraction of sp³-hybridized carbons (Fsp3) is 0.875. The minimum absolute atomic E-state index is 0.0697. The highest BCUT2D eigenvalue weighted by Crippen LogP contribution is 2.40.